The van der Waals surface area contributed by atoms with Crippen molar-refractivity contribution in [1.29, 1.82) is 0 Å². The molecule has 10 aromatic heterocycles. The van der Waals surface area contributed by atoms with E-state index in [9.17, 15) is 41.1 Å². The second-order valence-corrected chi connectivity index (χ2v) is 55.5. The van der Waals surface area contributed by atoms with E-state index in [1.54, 1.807) is 49.5 Å². The van der Waals surface area contributed by atoms with Crippen molar-refractivity contribution >= 4 is 311 Å². The van der Waals surface area contributed by atoms with Gasteiger partial charge in [0, 0.05) is 64.9 Å². The number of hydrogen-bond acceptors (Lipinski definition) is 24. The molecule has 4 aliphatic rings. The number of aldehydes is 1. The van der Waals surface area contributed by atoms with Crippen LogP contribution in [0, 0.1) is 147 Å². The Morgan fingerprint density at radius 2 is 0.880 bits per heavy atom. The van der Waals surface area contributed by atoms with Crippen molar-refractivity contribution in [3.05, 3.63) is 97.5 Å². The Morgan fingerprint density at radius 1 is 0.549 bits per heavy atom. The zero-order valence-corrected chi connectivity index (χ0v) is 103. The molecule has 0 radical (unpaired) electrons. The summed E-state index contributed by atoms with van der Waals surface area (Å²) in [6.45, 7) is 45.4. The van der Waals surface area contributed by atoms with E-state index in [4.69, 9.17) is 67.5 Å². The van der Waals surface area contributed by atoms with Gasteiger partial charge in [0.1, 0.15) is 4.88 Å². The monoisotopic (exact) mass is 2540 g/mol. The fourth-order valence-corrected chi connectivity index (χ4v) is 33.9. The third-order valence-electron chi connectivity index (χ3n) is 17.6. The van der Waals surface area contributed by atoms with Crippen LogP contribution in [-0.4, -0.2) is 137 Å². The van der Waals surface area contributed by atoms with E-state index in [-0.39, 0.29) is 136 Å². The predicted molar refractivity (Wildman–Crippen MR) is 601 cm³/mol. The molecule has 1 unspecified atom stereocenters. The third-order valence-corrected chi connectivity index (χ3v) is 39.7. The van der Waals surface area contributed by atoms with Crippen LogP contribution in [0.15, 0.2) is 42.2 Å². The number of amides is 2. The van der Waals surface area contributed by atoms with Crippen LogP contribution < -0.4 is 68.4 Å². The molecule has 45 heteroatoms. The summed E-state index contributed by atoms with van der Waals surface area (Å²) in [4.78, 5) is 54.9. The number of halogens is 12. The minimum Gasteiger partial charge on any atom is -1.00 e. The Hall–Kier alpha value is -3.86. The average Bonchev–Trinajstić information content (AvgIpc) is 1.60. The molecule has 142 heavy (non-hydrogen) atoms. The number of ether oxygens (including phenoxy) is 6. The van der Waals surface area contributed by atoms with Crippen molar-refractivity contribution in [3.63, 3.8) is 0 Å². The second-order valence-electron chi connectivity index (χ2n) is 30.6. The molecule has 0 aliphatic carbocycles. The van der Waals surface area contributed by atoms with Crippen molar-refractivity contribution in [2.45, 2.75) is 218 Å². The van der Waals surface area contributed by atoms with E-state index >= 15 is 0 Å². The summed E-state index contributed by atoms with van der Waals surface area (Å²) in [5.74, 6) is 34.9. The number of carboxylic acids is 1. The minimum atomic E-state index is -3.04. The van der Waals surface area contributed by atoms with Crippen LogP contribution in [0.2, 0.25) is 39.3 Å². The van der Waals surface area contributed by atoms with Crippen molar-refractivity contribution in [3.8, 4) is 121 Å². The number of quaternary nitrogens is 1. The van der Waals surface area contributed by atoms with E-state index < -0.39 is 30.4 Å². The molecule has 1 atom stereocenters. The first-order valence-corrected chi connectivity index (χ1v) is 62.3. The summed E-state index contributed by atoms with van der Waals surface area (Å²) < 4.78 is 126. The Morgan fingerprint density at radius 3 is 1.20 bits per heavy atom. The Kier molecular flexibility index (Phi) is 79.6. The summed E-state index contributed by atoms with van der Waals surface area (Å²) in [6, 6.07) is 7.37. The number of unbranched alkanes of at least 4 members (excludes halogenated alkanes) is 4. The van der Waals surface area contributed by atoms with Gasteiger partial charge in [0.15, 0.2) is 50.8 Å². The topological polar surface area (TPSA) is 231 Å². The molecule has 2 N–H and O–H groups in total. The number of carbonyl (C=O) groups is 4. The fraction of sp³-hybridized carbons (Fsp3) is 0.443. The molecular formula is C97H114Br5ClF6LiN3NaO15PS10Si2. The van der Waals surface area contributed by atoms with E-state index in [1.807, 2.05) is 6.07 Å². The van der Waals surface area contributed by atoms with Gasteiger partial charge in [-0.3, -0.25) is 14.4 Å². The number of fused-ring (bicyclic) bond motifs is 5. The van der Waals surface area contributed by atoms with Crippen LogP contribution >= 0.6 is 214 Å². The summed E-state index contributed by atoms with van der Waals surface area (Å²) in [7, 11) is -6.39. The van der Waals surface area contributed by atoms with Gasteiger partial charge in [-0.25, -0.2) is 14.0 Å². The number of aromatic carboxylic acids is 1. The Bertz CT molecular complexity index is 6050. The van der Waals surface area contributed by atoms with E-state index in [0.717, 1.165) is 127 Å². The van der Waals surface area contributed by atoms with Crippen LogP contribution in [0.3, 0.4) is 0 Å². The SMILES string of the molecule is C.C#C.C#CC#CC#C.C#CC#CC#CC.CC#CC#CC#CC.CC(C)[N-]C(C)C.CCCC[N+](CCCC)(CCCC)CCCC.C[Si](C)(C)c1c(F)sc2c(Br)c(C3OCCO3)sc12.C[Si](C)(C)c1c(F)sc2cc(C3OCCO3)sc12.Cl.Fc1cc2sc(C3OCCO3)c(Br)c2s1.O=C(O)c1sc2cc(F)sc2c1Br.O=C1CCC(=O)N1Br.O=Cc1sc2cc(F)sc2c1Br.O=[P+]([O-])OO.[F-].[H-].[Li+].[Na+]. The molecule has 2 amide bonds. The Balaban J connectivity index is -0.000000491. The molecular weight excluding hydrogens is 2430 g/mol. The number of hydrogen-bond donors (Lipinski definition) is 2. The molecule has 0 bridgehead atoms. The van der Waals surface area contributed by atoms with Crippen LogP contribution in [0.5, 0.6) is 0 Å². The number of rotatable bonds is 22. The maximum absolute atomic E-state index is 14.2. The summed E-state index contributed by atoms with van der Waals surface area (Å²) >= 11 is 29.0. The maximum atomic E-state index is 14.2. The molecule has 4 fully saturated rings. The average molecular weight is 2550 g/mol. The van der Waals surface area contributed by atoms with Gasteiger partial charge in [0.25, 0.3) is 0 Å². The third kappa shape index (κ3) is 50.4. The van der Waals surface area contributed by atoms with E-state index in [0.29, 0.717) is 87.8 Å². The van der Waals surface area contributed by atoms with Gasteiger partial charge in [-0.15, -0.1) is 170 Å². The van der Waals surface area contributed by atoms with Gasteiger partial charge in [0.05, 0.1) is 164 Å². The number of carbonyl (C=O) groups excluding carboxylic acids is 3. The van der Waals surface area contributed by atoms with Crippen molar-refractivity contribution in [2.24, 2.45) is 0 Å². The van der Waals surface area contributed by atoms with Crippen LogP contribution in [0.25, 0.3) is 52.3 Å². The first-order chi connectivity index (χ1) is 65.0. The quantitative estimate of drug-likeness (QED) is 0.00614. The molecule has 766 valence electrons. The molecule has 0 saturated carbocycles. The van der Waals surface area contributed by atoms with E-state index in [2.05, 4.69) is 286 Å². The molecule has 4 aliphatic heterocycles. The molecule has 18 nitrogen and oxygen atoms in total. The fourth-order valence-electron chi connectivity index (χ4n) is 11.9. The molecule has 14 heterocycles. The number of carboxylic acid groups (broad SMARTS) is 1. The van der Waals surface area contributed by atoms with Crippen LogP contribution in [-0.2, 0) is 47.2 Å². The summed E-state index contributed by atoms with van der Waals surface area (Å²) in [5, 5.41) is 21.3. The number of terminal acetylenes is 4. The Labute approximate surface area is 959 Å². The van der Waals surface area contributed by atoms with Crippen molar-refractivity contribution in [2.75, 3.05) is 65.8 Å². The summed E-state index contributed by atoms with van der Waals surface area (Å²) in [5.41, 5.74) is 0. The normalized spacial score (nSPS) is 12.5. The number of thiophene rings is 10. The van der Waals surface area contributed by atoms with Gasteiger partial charge < -0.3 is 54.4 Å². The zero-order chi connectivity index (χ0) is 103. The van der Waals surface area contributed by atoms with Gasteiger partial charge in [-0.2, -0.15) is 22.0 Å². The molecule has 14 rings (SSSR count). The van der Waals surface area contributed by atoms with E-state index in [1.165, 1.54) is 140 Å². The molecule has 0 aromatic carbocycles. The largest absolute Gasteiger partial charge is 1.00 e. The number of nitrogens with zero attached hydrogens (tertiary/aromatic N) is 3. The van der Waals surface area contributed by atoms with Gasteiger partial charge in [-0.05, 0) is 192 Å². The minimum absolute atomic E-state index is 0. The summed E-state index contributed by atoms with van der Waals surface area (Å²) in [6.07, 6.45) is 33.9. The molecule has 10 aromatic rings. The van der Waals surface area contributed by atoms with Gasteiger partial charge in [-0.1, -0.05) is 146 Å². The maximum Gasteiger partial charge on any atom is 1.00 e. The van der Waals surface area contributed by atoms with Crippen LogP contribution in [0.1, 0.15) is 202 Å². The first-order valence-electron chi connectivity index (χ1n) is 42.1. The van der Waals surface area contributed by atoms with Crippen molar-refractivity contribution in [1.82, 2.24) is 3.93 Å². The standard InChI is InChI=1S/C16H36N.C12H14BrFO2S2Si.C12H15FO2S2Si.C9H6BrFO2S2.C8H6.C7H2BrFO2S2.C7H2BrFOS2.C7H4.C6H14N.C6H2.C4H4BrNO2.C2H2.CH4.ClH.FH.Li.Na.HO4P.H/c1-5-9-13-17(14-10-6-2,15-11-7-3)16-12-8-4;1-19(2,3)10-9-7(18-11(10)14)6(13)8(17-9)12-15-4-5-16-12;1-18(2,3)10-9-7(17-11(10)13)6-8(16-9)12-14-4-5-15-12;10-6-7-4(3-5(11)15-7)14-8(6)9-12-1-2-13-9;1-3-5-7-8-6-4-2;8-4-5-2(1-3(9)13-5)12-6(4)7(10)11;8-6-4(2-10)11-3-1-5(9)12-7(3)6;1-3-5-7-6-4-2;1-5(2)7-6(3)4;1-3-5-6-4-2;5-6-3(7)1-2-4(6)8;1-2;;;;;;1-4-5(2)3;/h5-16H2,1-4H3;12H,4-5H2,1-3H3;6,12H,4-5H2,1-3H3;3,9H,1-2H2;1-2H3;1H,(H,10,11);1-2H;1H,2H3;5-6H,1-4H3;1-2H;1-2H2;1-2H;1H4;2*1H;;;1H;/q+1;;;;;;;;-1;;;;;;;2*+1;;-1/p-1. The predicted octanol–water partition coefficient (Wildman–Crippen LogP) is 20.8. The molecule has 4 saturated heterocycles. The second kappa shape index (κ2) is 78.3. The zero-order valence-electron chi connectivity index (χ0n) is 82.4. The first kappa shape index (κ1) is 144. The van der Waals surface area contributed by atoms with Gasteiger partial charge in [0.2, 0.25) is 11.8 Å². The number of imide groups is 1. The smallest absolute Gasteiger partial charge is 1.00 e. The van der Waals surface area contributed by atoms with Crippen LogP contribution in [0.4, 0.5) is 22.0 Å². The van der Waals surface area contributed by atoms with Crippen molar-refractivity contribution < 1.29 is 153 Å². The van der Waals surface area contributed by atoms with Gasteiger partial charge >= 0.3 is 62.6 Å². The molecule has 0 spiro atoms.